The number of benzene rings is 2. The maximum atomic E-state index is 12.2. The average molecular weight is 716 g/mol. The molecule has 8 N–H and O–H groups in total. The number of aliphatic hydroxyl groups excluding tert-OH is 5. The van der Waals surface area contributed by atoms with Gasteiger partial charge >= 0.3 is 5.97 Å². The number of carboxylic acids is 1. The summed E-state index contributed by atoms with van der Waals surface area (Å²) in [5.41, 5.74) is 10.5. The van der Waals surface area contributed by atoms with Crippen LogP contribution in [0.3, 0.4) is 0 Å². The molecular weight excluding hydrogens is 659 g/mol. The fraction of sp³-hybridized carbons (Fsp3) is 0.615. The van der Waals surface area contributed by atoms with Gasteiger partial charge in [-0.3, -0.25) is 0 Å². The summed E-state index contributed by atoms with van der Waals surface area (Å²) < 4.78 is 0. The Balaban J connectivity index is 1.62. The van der Waals surface area contributed by atoms with Crippen molar-refractivity contribution < 1.29 is 35.4 Å². The van der Waals surface area contributed by atoms with Crippen molar-refractivity contribution in [1.29, 1.82) is 0 Å². The zero-order valence-corrected chi connectivity index (χ0v) is 30.2. The highest BCUT2D eigenvalue weighted by molar-refractivity contribution is 8.76. The number of nitrogens with two attached hydrogens (primary N) is 1. The third kappa shape index (κ3) is 12.4. The van der Waals surface area contributed by atoms with Gasteiger partial charge in [0.25, 0.3) is 0 Å². The topological polar surface area (TPSA) is 164 Å². The first-order valence-electron chi connectivity index (χ1n) is 18.0. The summed E-state index contributed by atoms with van der Waals surface area (Å²) in [6, 6.07) is 16.4. The molecule has 1 aliphatic carbocycles. The van der Waals surface area contributed by atoms with E-state index in [4.69, 9.17) is 5.73 Å². The van der Waals surface area contributed by atoms with Crippen LogP contribution in [-0.2, 0) is 30.0 Å². The molecule has 1 fully saturated rings. The van der Waals surface area contributed by atoms with Crippen LogP contribution in [0.4, 0.5) is 0 Å². The number of aryl methyl sites for hydroxylation is 1. The molecule has 0 aromatic heterocycles. The van der Waals surface area contributed by atoms with Gasteiger partial charge in [-0.15, -0.1) is 0 Å². The third-order valence-corrected chi connectivity index (χ3v) is 13.3. The van der Waals surface area contributed by atoms with E-state index in [1.165, 1.54) is 11.1 Å². The lowest BCUT2D eigenvalue weighted by atomic mass is 9.75. The lowest BCUT2D eigenvalue weighted by Crippen LogP contribution is -2.36. The van der Waals surface area contributed by atoms with Crippen LogP contribution in [0.5, 0.6) is 0 Å². The second kappa shape index (κ2) is 20.8. The molecule has 2 aliphatic rings. The molecule has 0 unspecified atom stereocenters. The number of allylic oxidation sites excluding steroid dienone is 1. The predicted molar refractivity (Wildman–Crippen MR) is 199 cm³/mol. The second-order valence-electron chi connectivity index (χ2n) is 14.1. The maximum Gasteiger partial charge on any atom is 0.332 e. The Bertz CT molecular complexity index is 1300. The number of fused-ring (bicyclic) bond motifs is 1. The molecule has 2 aromatic carbocycles. The average Bonchev–Trinajstić information content (AvgIpc) is 3.11. The normalized spacial score (nSPS) is 27.9. The fourth-order valence-corrected chi connectivity index (χ4v) is 10.4. The number of carboxylic acid groups (broad SMARTS) is 1. The lowest BCUT2D eigenvalue weighted by molar-refractivity contribution is -0.151. The zero-order valence-electron chi connectivity index (χ0n) is 28.6. The van der Waals surface area contributed by atoms with E-state index in [0.717, 1.165) is 35.5 Å². The Hall–Kier alpha value is -1.89. The van der Waals surface area contributed by atoms with Gasteiger partial charge in [-0.25, -0.2) is 4.79 Å². The van der Waals surface area contributed by atoms with E-state index in [9.17, 15) is 35.4 Å². The van der Waals surface area contributed by atoms with Crippen molar-refractivity contribution in [3.63, 3.8) is 0 Å². The standard InChI is InChI=1S/C39H57NO7S2/c40-20-19-30-12-11-29(9-4-10-36(43)37(44)31-13-16-34(42)17-14-31)33(22-26-5-3-6-27(21-26)23-41)25-49-48-24-32-8-2-1-7-28(32)15-18-35(30)38(45)39(46)47/h1-8,10,21,29-31,33-38,41-45H,9,11-20,22-25,40H2,(H,46,47)/b10-4-/t29-,30+,31?,33-,34?,35+,36+,37-,38-/m1/s1. The monoisotopic (exact) mass is 715 g/mol. The van der Waals surface area contributed by atoms with Crippen molar-refractivity contribution in [2.24, 2.45) is 35.3 Å². The molecular formula is C39H57NO7S2. The number of rotatable bonds is 12. The molecule has 0 saturated heterocycles. The van der Waals surface area contributed by atoms with Gasteiger partial charge in [-0.1, -0.05) is 82.3 Å². The maximum absolute atomic E-state index is 12.2. The molecule has 7 atom stereocenters. The van der Waals surface area contributed by atoms with Crippen LogP contribution in [0.25, 0.3) is 0 Å². The lowest BCUT2D eigenvalue weighted by Gasteiger charge is -2.33. The van der Waals surface area contributed by atoms with Crippen LogP contribution in [0.15, 0.2) is 60.7 Å². The van der Waals surface area contributed by atoms with Gasteiger partial charge < -0.3 is 36.4 Å². The van der Waals surface area contributed by atoms with E-state index < -0.39 is 30.2 Å². The van der Waals surface area contributed by atoms with Crippen LogP contribution >= 0.6 is 21.6 Å². The van der Waals surface area contributed by atoms with Gasteiger partial charge in [0.05, 0.1) is 24.9 Å². The van der Waals surface area contributed by atoms with Gasteiger partial charge in [0.1, 0.15) is 0 Å². The number of carbonyl (C=O) groups is 1. The molecule has 0 radical (unpaired) electrons. The molecule has 272 valence electrons. The first-order valence-corrected chi connectivity index (χ1v) is 20.5. The minimum Gasteiger partial charge on any atom is -0.479 e. The molecule has 0 amide bonds. The second-order valence-corrected chi connectivity index (χ2v) is 16.6. The van der Waals surface area contributed by atoms with Crippen LogP contribution in [0.1, 0.15) is 80.0 Å². The Morgan fingerprint density at radius 3 is 2.31 bits per heavy atom. The van der Waals surface area contributed by atoms with Crippen molar-refractivity contribution in [2.75, 3.05) is 12.3 Å². The van der Waals surface area contributed by atoms with Gasteiger partial charge in [0.2, 0.25) is 0 Å². The van der Waals surface area contributed by atoms with E-state index >= 15 is 0 Å². The highest BCUT2D eigenvalue weighted by Crippen LogP contribution is 2.39. The number of aliphatic hydroxyl groups is 5. The first-order chi connectivity index (χ1) is 23.7. The van der Waals surface area contributed by atoms with Crippen LogP contribution in [0, 0.1) is 29.6 Å². The molecule has 10 heteroatoms. The molecule has 0 bridgehead atoms. The van der Waals surface area contributed by atoms with Crippen molar-refractivity contribution in [2.45, 2.75) is 107 Å². The largest absolute Gasteiger partial charge is 0.479 e. The zero-order chi connectivity index (χ0) is 35.2. The van der Waals surface area contributed by atoms with E-state index in [-0.39, 0.29) is 36.4 Å². The van der Waals surface area contributed by atoms with Crippen molar-refractivity contribution in [3.05, 3.63) is 82.9 Å². The van der Waals surface area contributed by atoms with Crippen LogP contribution < -0.4 is 5.73 Å². The third-order valence-electron chi connectivity index (χ3n) is 10.8. The molecule has 1 saturated carbocycles. The summed E-state index contributed by atoms with van der Waals surface area (Å²) in [4.78, 5) is 12.2. The molecule has 2 aromatic rings. The molecule has 8 nitrogen and oxygen atoms in total. The fourth-order valence-electron chi connectivity index (χ4n) is 7.85. The van der Waals surface area contributed by atoms with Crippen LogP contribution in [0.2, 0.25) is 0 Å². The number of aliphatic carboxylic acids is 1. The Morgan fingerprint density at radius 1 is 0.878 bits per heavy atom. The van der Waals surface area contributed by atoms with Gasteiger partial charge in [0.15, 0.2) is 6.10 Å². The Kier molecular flexibility index (Phi) is 17.0. The molecule has 1 heterocycles. The minimum atomic E-state index is -1.48. The highest BCUT2D eigenvalue weighted by atomic mass is 33.1. The minimum absolute atomic E-state index is 0.0249. The van der Waals surface area contributed by atoms with Gasteiger partial charge in [-0.2, -0.15) is 0 Å². The van der Waals surface area contributed by atoms with E-state index in [0.29, 0.717) is 64.3 Å². The Morgan fingerprint density at radius 2 is 1.59 bits per heavy atom. The summed E-state index contributed by atoms with van der Waals surface area (Å²) in [7, 11) is 3.69. The SMILES string of the molecule is NCC[C@@H]1CC[C@@H](C/C=C\[C@H](O)[C@H](O)C2CCC(O)CC2)[C@H](Cc2cccc(CO)c2)CSSCc2ccccc2CC[C@@H]1[C@@H](O)C(=O)O. The van der Waals surface area contributed by atoms with Gasteiger partial charge in [0, 0.05) is 11.5 Å². The summed E-state index contributed by atoms with van der Waals surface area (Å²) >= 11 is 0. The predicted octanol–water partition coefficient (Wildman–Crippen LogP) is 5.51. The smallest absolute Gasteiger partial charge is 0.332 e. The first kappa shape index (κ1) is 39.9. The van der Waals surface area contributed by atoms with Crippen molar-refractivity contribution >= 4 is 27.6 Å². The number of hydrogen-bond acceptors (Lipinski definition) is 9. The quantitative estimate of drug-likeness (QED) is 0.110. The summed E-state index contributed by atoms with van der Waals surface area (Å²) in [5.74, 6) is 0.345. The molecule has 4 rings (SSSR count). The van der Waals surface area contributed by atoms with E-state index in [1.807, 2.05) is 51.9 Å². The van der Waals surface area contributed by atoms with Crippen molar-refractivity contribution in [1.82, 2.24) is 0 Å². The van der Waals surface area contributed by atoms with Gasteiger partial charge in [-0.05, 0) is 129 Å². The highest BCUT2D eigenvalue weighted by Gasteiger charge is 2.34. The molecule has 0 spiro atoms. The summed E-state index contributed by atoms with van der Waals surface area (Å²) in [5, 5.41) is 62.5. The van der Waals surface area contributed by atoms with Crippen molar-refractivity contribution in [3.8, 4) is 0 Å². The summed E-state index contributed by atoms with van der Waals surface area (Å²) in [6.45, 7) is 0.379. The summed E-state index contributed by atoms with van der Waals surface area (Å²) in [6.07, 6.45) is 7.53. The van der Waals surface area contributed by atoms with E-state index in [2.05, 4.69) is 24.3 Å². The van der Waals surface area contributed by atoms with E-state index in [1.54, 1.807) is 6.08 Å². The van der Waals surface area contributed by atoms with Crippen LogP contribution in [-0.4, -0.2) is 73.3 Å². The molecule has 49 heavy (non-hydrogen) atoms. The Labute approximate surface area is 300 Å². The number of hydrogen-bond donors (Lipinski definition) is 7. The molecule has 1 aliphatic heterocycles.